The minimum Gasteiger partial charge on any atom is -0.384 e. The SMILES string of the molecule is COC(C)(C)CC(=O)NCCC1CNc2ccccc21. The average Bonchev–Trinajstić information content (AvgIpc) is 2.82. The van der Waals surface area contributed by atoms with E-state index >= 15 is 0 Å². The third-order valence-electron chi connectivity index (χ3n) is 3.89. The van der Waals surface area contributed by atoms with Crippen LogP contribution in [0.1, 0.15) is 38.2 Å². The minimum atomic E-state index is -0.397. The number of carbonyl (C=O) groups excluding carboxylic acids is 1. The summed E-state index contributed by atoms with van der Waals surface area (Å²) in [6.07, 6.45) is 1.35. The summed E-state index contributed by atoms with van der Waals surface area (Å²) < 4.78 is 5.26. The van der Waals surface area contributed by atoms with Crippen molar-refractivity contribution < 1.29 is 9.53 Å². The lowest BCUT2D eigenvalue weighted by Crippen LogP contribution is -2.34. The first-order valence-corrected chi connectivity index (χ1v) is 7.16. The number of anilines is 1. The molecular weight excluding hydrogens is 252 g/mol. The van der Waals surface area contributed by atoms with Crippen molar-refractivity contribution in [2.75, 3.05) is 25.5 Å². The normalized spacial score (nSPS) is 17.4. The van der Waals surface area contributed by atoms with E-state index in [4.69, 9.17) is 4.74 Å². The Morgan fingerprint density at radius 2 is 2.20 bits per heavy atom. The lowest BCUT2D eigenvalue weighted by Gasteiger charge is -2.22. The van der Waals surface area contributed by atoms with Crippen molar-refractivity contribution in [2.24, 2.45) is 0 Å². The zero-order valence-corrected chi connectivity index (χ0v) is 12.5. The molecule has 1 unspecified atom stereocenters. The van der Waals surface area contributed by atoms with Crippen LogP contribution in [0, 0.1) is 0 Å². The van der Waals surface area contributed by atoms with Gasteiger partial charge in [-0.3, -0.25) is 4.79 Å². The highest BCUT2D eigenvalue weighted by atomic mass is 16.5. The molecule has 1 heterocycles. The van der Waals surface area contributed by atoms with E-state index < -0.39 is 5.60 Å². The van der Waals surface area contributed by atoms with Gasteiger partial charge in [-0.1, -0.05) is 18.2 Å². The number of methoxy groups -OCH3 is 1. The molecule has 0 radical (unpaired) electrons. The lowest BCUT2D eigenvalue weighted by atomic mass is 9.98. The molecule has 20 heavy (non-hydrogen) atoms. The smallest absolute Gasteiger partial charge is 0.222 e. The first-order valence-electron chi connectivity index (χ1n) is 7.16. The fourth-order valence-electron chi connectivity index (χ4n) is 2.52. The highest BCUT2D eigenvalue weighted by Crippen LogP contribution is 2.32. The van der Waals surface area contributed by atoms with Gasteiger partial charge in [0.25, 0.3) is 0 Å². The summed E-state index contributed by atoms with van der Waals surface area (Å²) in [7, 11) is 1.63. The summed E-state index contributed by atoms with van der Waals surface area (Å²) in [6, 6.07) is 8.38. The molecular formula is C16H24N2O2. The zero-order chi connectivity index (χ0) is 14.6. The molecule has 1 amide bonds. The Labute approximate surface area is 120 Å². The highest BCUT2D eigenvalue weighted by Gasteiger charge is 2.23. The summed E-state index contributed by atoms with van der Waals surface area (Å²) in [6.45, 7) is 5.51. The Hall–Kier alpha value is -1.55. The topological polar surface area (TPSA) is 50.4 Å². The Kier molecular flexibility index (Phi) is 4.65. The van der Waals surface area contributed by atoms with Crippen LogP contribution < -0.4 is 10.6 Å². The fourth-order valence-corrected chi connectivity index (χ4v) is 2.52. The first kappa shape index (κ1) is 14.9. The van der Waals surface area contributed by atoms with Gasteiger partial charge in [0.15, 0.2) is 0 Å². The molecule has 0 spiro atoms. The van der Waals surface area contributed by atoms with Gasteiger partial charge in [-0.25, -0.2) is 0 Å². The second-order valence-corrected chi connectivity index (χ2v) is 5.94. The summed E-state index contributed by atoms with van der Waals surface area (Å²) in [5.41, 5.74) is 2.19. The Bertz CT molecular complexity index is 471. The number of rotatable bonds is 6. The van der Waals surface area contributed by atoms with Crippen LogP contribution in [0.25, 0.3) is 0 Å². The van der Waals surface area contributed by atoms with Gasteiger partial charge in [0.05, 0.1) is 12.0 Å². The van der Waals surface area contributed by atoms with Gasteiger partial charge in [-0.15, -0.1) is 0 Å². The minimum absolute atomic E-state index is 0.0519. The zero-order valence-electron chi connectivity index (χ0n) is 12.5. The second kappa shape index (κ2) is 6.27. The van der Waals surface area contributed by atoms with Crippen molar-refractivity contribution in [3.8, 4) is 0 Å². The molecule has 2 N–H and O–H groups in total. The van der Waals surface area contributed by atoms with E-state index in [2.05, 4.69) is 28.8 Å². The summed E-state index contributed by atoms with van der Waals surface area (Å²) in [5, 5.41) is 6.39. The van der Waals surface area contributed by atoms with E-state index in [0.717, 1.165) is 13.0 Å². The standard InChI is InChI=1S/C16H24N2O2/c1-16(2,20-3)10-15(19)17-9-8-12-11-18-14-7-5-4-6-13(12)14/h4-7,12,18H,8-11H2,1-3H3,(H,17,19). The van der Waals surface area contributed by atoms with Crippen molar-refractivity contribution in [3.05, 3.63) is 29.8 Å². The Morgan fingerprint density at radius 3 is 2.95 bits per heavy atom. The van der Waals surface area contributed by atoms with Crippen molar-refractivity contribution in [3.63, 3.8) is 0 Å². The van der Waals surface area contributed by atoms with E-state index in [1.807, 2.05) is 19.9 Å². The average molecular weight is 276 g/mol. The monoisotopic (exact) mass is 276 g/mol. The van der Waals surface area contributed by atoms with Crippen molar-refractivity contribution >= 4 is 11.6 Å². The van der Waals surface area contributed by atoms with Gasteiger partial charge in [0.2, 0.25) is 5.91 Å². The van der Waals surface area contributed by atoms with Crippen LogP contribution >= 0.6 is 0 Å². The van der Waals surface area contributed by atoms with Crippen LogP contribution in [0.4, 0.5) is 5.69 Å². The van der Waals surface area contributed by atoms with Gasteiger partial charge in [0.1, 0.15) is 0 Å². The molecule has 1 aliphatic heterocycles. The molecule has 4 heteroatoms. The molecule has 1 atom stereocenters. The Morgan fingerprint density at radius 1 is 1.45 bits per heavy atom. The molecule has 1 aromatic carbocycles. The number of hydrogen-bond acceptors (Lipinski definition) is 3. The fraction of sp³-hybridized carbons (Fsp3) is 0.562. The van der Waals surface area contributed by atoms with Crippen molar-refractivity contribution in [2.45, 2.75) is 38.2 Å². The molecule has 4 nitrogen and oxygen atoms in total. The molecule has 0 bridgehead atoms. The van der Waals surface area contributed by atoms with Gasteiger partial charge in [-0.05, 0) is 31.9 Å². The van der Waals surface area contributed by atoms with E-state index in [9.17, 15) is 4.79 Å². The van der Waals surface area contributed by atoms with Crippen molar-refractivity contribution in [1.82, 2.24) is 5.32 Å². The van der Waals surface area contributed by atoms with E-state index in [0.29, 0.717) is 18.9 Å². The number of benzene rings is 1. The third-order valence-corrected chi connectivity index (χ3v) is 3.89. The summed E-state index contributed by atoms with van der Waals surface area (Å²) in [5.74, 6) is 0.540. The van der Waals surface area contributed by atoms with Crippen LogP contribution in [0.2, 0.25) is 0 Å². The molecule has 0 aliphatic carbocycles. The first-order chi connectivity index (χ1) is 9.52. The summed E-state index contributed by atoms with van der Waals surface area (Å²) in [4.78, 5) is 11.8. The predicted molar refractivity (Wildman–Crippen MR) is 81.0 cm³/mol. The maximum Gasteiger partial charge on any atom is 0.222 e. The second-order valence-electron chi connectivity index (χ2n) is 5.94. The predicted octanol–water partition coefficient (Wildman–Crippen LogP) is 2.52. The number of carbonyl (C=O) groups is 1. The van der Waals surface area contributed by atoms with Gasteiger partial charge in [0, 0.05) is 31.8 Å². The number of nitrogens with one attached hydrogen (secondary N) is 2. The van der Waals surface area contributed by atoms with Crippen LogP contribution in [0.15, 0.2) is 24.3 Å². The molecule has 0 saturated heterocycles. The number of para-hydroxylation sites is 1. The van der Waals surface area contributed by atoms with E-state index in [-0.39, 0.29) is 5.91 Å². The largest absolute Gasteiger partial charge is 0.384 e. The molecule has 2 rings (SSSR count). The third kappa shape index (κ3) is 3.73. The number of ether oxygens (including phenoxy) is 1. The van der Waals surface area contributed by atoms with E-state index in [1.54, 1.807) is 7.11 Å². The van der Waals surface area contributed by atoms with Gasteiger partial charge in [-0.2, -0.15) is 0 Å². The van der Waals surface area contributed by atoms with Crippen LogP contribution in [0.3, 0.4) is 0 Å². The molecule has 110 valence electrons. The van der Waals surface area contributed by atoms with Crippen LogP contribution in [-0.2, 0) is 9.53 Å². The number of fused-ring (bicyclic) bond motifs is 1. The highest BCUT2D eigenvalue weighted by molar-refractivity contribution is 5.76. The van der Waals surface area contributed by atoms with E-state index in [1.165, 1.54) is 11.3 Å². The molecule has 0 fully saturated rings. The molecule has 0 aromatic heterocycles. The molecule has 1 aliphatic rings. The quantitative estimate of drug-likeness (QED) is 0.839. The number of hydrogen-bond donors (Lipinski definition) is 2. The maximum atomic E-state index is 11.8. The molecule has 0 saturated carbocycles. The van der Waals surface area contributed by atoms with Crippen LogP contribution in [0.5, 0.6) is 0 Å². The van der Waals surface area contributed by atoms with Gasteiger partial charge < -0.3 is 15.4 Å². The number of amides is 1. The molecule has 1 aromatic rings. The Balaban J connectivity index is 1.76. The van der Waals surface area contributed by atoms with Gasteiger partial charge >= 0.3 is 0 Å². The lowest BCUT2D eigenvalue weighted by molar-refractivity contribution is -0.126. The summed E-state index contributed by atoms with van der Waals surface area (Å²) >= 11 is 0. The van der Waals surface area contributed by atoms with Crippen LogP contribution in [-0.4, -0.2) is 31.7 Å². The van der Waals surface area contributed by atoms with Crippen molar-refractivity contribution in [1.29, 1.82) is 0 Å². The maximum absolute atomic E-state index is 11.8.